The number of nitrogens with one attached hydrogen (secondary N) is 1. The Labute approximate surface area is 148 Å². The SMILES string of the molecule is COCCOCC(=O)N1CCC(NC(=O)OCc2ccccc2)CC1. The maximum absolute atomic E-state index is 12.0. The van der Waals surface area contributed by atoms with Gasteiger partial charge < -0.3 is 24.4 Å². The Morgan fingerprint density at radius 1 is 1.16 bits per heavy atom. The lowest BCUT2D eigenvalue weighted by Gasteiger charge is -2.32. The third-order valence-corrected chi connectivity index (χ3v) is 4.04. The summed E-state index contributed by atoms with van der Waals surface area (Å²) in [4.78, 5) is 25.6. The summed E-state index contributed by atoms with van der Waals surface area (Å²) >= 11 is 0. The summed E-state index contributed by atoms with van der Waals surface area (Å²) in [6.07, 6.45) is 1.01. The van der Waals surface area contributed by atoms with Crippen LogP contribution in [-0.4, -0.2) is 63.0 Å². The lowest BCUT2D eigenvalue weighted by atomic mass is 10.1. The number of amides is 2. The Morgan fingerprint density at radius 2 is 1.88 bits per heavy atom. The van der Waals surface area contributed by atoms with Crippen LogP contribution in [0.1, 0.15) is 18.4 Å². The predicted octanol–water partition coefficient (Wildman–Crippen LogP) is 1.57. The molecule has 1 aliphatic heterocycles. The van der Waals surface area contributed by atoms with Crippen molar-refractivity contribution in [3.63, 3.8) is 0 Å². The van der Waals surface area contributed by atoms with Crippen LogP contribution in [0.15, 0.2) is 30.3 Å². The first-order valence-corrected chi connectivity index (χ1v) is 8.50. The van der Waals surface area contributed by atoms with Gasteiger partial charge in [0, 0.05) is 26.2 Å². The summed E-state index contributed by atoms with van der Waals surface area (Å²) in [5.74, 6) is -0.0267. The van der Waals surface area contributed by atoms with Crippen molar-refractivity contribution in [1.29, 1.82) is 0 Å². The second-order valence-corrected chi connectivity index (χ2v) is 5.91. The Morgan fingerprint density at radius 3 is 2.56 bits per heavy atom. The molecule has 0 aliphatic carbocycles. The first-order valence-electron chi connectivity index (χ1n) is 8.50. The molecule has 2 rings (SSSR count). The van der Waals surface area contributed by atoms with Crippen molar-refractivity contribution >= 4 is 12.0 Å². The van der Waals surface area contributed by atoms with Crippen LogP contribution in [0.25, 0.3) is 0 Å². The van der Waals surface area contributed by atoms with E-state index in [1.54, 1.807) is 12.0 Å². The molecular formula is C18H26N2O5. The van der Waals surface area contributed by atoms with Gasteiger partial charge in [-0.25, -0.2) is 4.79 Å². The molecule has 0 radical (unpaired) electrons. The number of hydrogen-bond donors (Lipinski definition) is 1. The van der Waals surface area contributed by atoms with E-state index in [0.717, 1.165) is 5.56 Å². The fourth-order valence-corrected chi connectivity index (χ4v) is 2.60. The highest BCUT2D eigenvalue weighted by Crippen LogP contribution is 2.11. The summed E-state index contributed by atoms with van der Waals surface area (Å²) in [6, 6.07) is 9.58. The molecule has 0 atom stereocenters. The van der Waals surface area contributed by atoms with Crippen LogP contribution in [0.5, 0.6) is 0 Å². The first kappa shape index (κ1) is 19.2. The van der Waals surface area contributed by atoms with Gasteiger partial charge in [-0.15, -0.1) is 0 Å². The summed E-state index contributed by atoms with van der Waals surface area (Å²) < 4.78 is 15.3. The first-order chi connectivity index (χ1) is 12.2. The number of methoxy groups -OCH3 is 1. The molecule has 7 heteroatoms. The van der Waals surface area contributed by atoms with E-state index in [-0.39, 0.29) is 25.2 Å². The zero-order chi connectivity index (χ0) is 17.9. The Balaban J connectivity index is 1.61. The van der Waals surface area contributed by atoms with E-state index < -0.39 is 6.09 Å². The molecule has 1 N–H and O–H groups in total. The van der Waals surface area contributed by atoms with Crippen molar-refractivity contribution in [2.24, 2.45) is 0 Å². The number of carbonyl (C=O) groups excluding carboxylic acids is 2. The van der Waals surface area contributed by atoms with Gasteiger partial charge >= 0.3 is 6.09 Å². The van der Waals surface area contributed by atoms with Crippen molar-refractivity contribution in [2.45, 2.75) is 25.5 Å². The van der Waals surface area contributed by atoms with E-state index in [1.165, 1.54) is 0 Å². The Bertz CT molecular complexity index is 530. The minimum atomic E-state index is -0.420. The van der Waals surface area contributed by atoms with Gasteiger partial charge in [-0.2, -0.15) is 0 Å². The van der Waals surface area contributed by atoms with Crippen molar-refractivity contribution < 1.29 is 23.8 Å². The smallest absolute Gasteiger partial charge is 0.407 e. The van der Waals surface area contributed by atoms with Gasteiger partial charge in [-0.1, -0.05) is 30.3 Å². The van der Waals surface area contributed by atoms with Crippen molar-refractivity contribution in [2.75, 3.05) is 40.0 Å². The molecule has 138 valence electrons. The van der Waals surface area contributed by atoms with Crippen molar-refractivity contribution in [3.05, 3.63) is 35.9 Å². The lowest BCUT2D eigenvalue weighted by Crippen LogP contribution is -2.47. The number of ether oxygens (including phenoxy) is 3. The summed E-state index contributed by atoms with van der Waals surface area (Å²) in [5.41, 5.74) is 0.950. The van der Waals surface area contributed by atoms with E-state index in [2.05, 4.69) is 5.32 Å². The molecule has 0 spiro atoms. The van der Waals surface area contributed by atoms with Crippen molar-refractivity contribution in [3.8, 4) is 0 Å². The van der Waals surface area contributed by atoms with Crippen LogP contribution in [0.4, 0.5) is 4.79 Å². The van der Waals surface area contributed by atoms with Crippen LogP contribution in [0.3, 0.4) is 0 Å². The number of benzene rings is 1. The molecule has 1 heterocycles. The van der Waals surface area contributed by atoms with Gasteiger partial charge in [0.25, 0.3) is 0 Å². The molecule has 1 aromatic carbocycles. The molecule has 1 fully saturated rings. The molecule has 25 heavy (non-hydrogen) atoms. The number of piperidine rings is 1. The summed E-state index contributed by atoms with van der Waals surface area (Å²) in [6.45, 7) is 2.42. The van der Waals surface area contributed by atoms with Crippen LogP contribution in [0.2, 0.25) is 0 Å². The maximum atomic E-state index is 12.0. The number of rotatable bonds is 8. The average molecular weight is 350 g/mol. The average Bonchev–Trinajstić information content (AvgIpc) is 2.65. The topological polar surface area (TPSA) is 77.1 Å². The lowest BCUT2D eigenvalue weighted by molar-refractivity contribution is -0.137. The summed E-state index contributed by atoms with van der Waals surface area (Å²) in [5, 5.41) is 2.86. The second-order valence-electron chi connectivity index (χ2n) is 5.91. The molecule has 0 bridgehead atoms. The third kappa shape index (κ3) is 7.11. The molecule has 0 aromatic heterocycles. The highest BCUT2D eigenvalue weighted by Gasteiger charge is 2.24. The van der Waals surface area contributed by atoms with Gasteiger partial charge in [0.15, 0.2) is 0 Å². The number of alkyl carbamates (subject to hydrolysis) is 1. The minimum absolute atomic E-state index is 0.0267. The fourth-order valence-electron chi connectivity index (χ4n) is 2.60. The molecule has 1 aromatic rings. The molecule has 1 saturated heterocycles. The highest BCUT2D eigenvalue weighted by atomic mass is 16.5. The number of hydrogen-bond acceptors (Lipinski definition) is 5. The largest absolute Gasteiger partial charge is 0.445 e. The number of nitrogens with zero attached hydrogens (tertiary/aromatic N) is 1. The van der Waals surface area contributed by atoms with Crippen LogP contribution < -0.4 is 5.32 Å². The minimum Gasteiger partial charge on any atom is -0.445 e. The zero-order valence-corrected chi connectivity index (χ0v) is 14.6. The van der Waals surface area contributed by atoms with Crippen molar-refractivity contribution in [1.82, 2.24) is 10.2 Å². The highest BCUT2D eigenvalue weighted by molar-refractivity contribution is 5.77. The van der Waals surface area contributed by atoms with E-state index >= 15 is 0 Å². The standard InChI is InChI=1S/C18H26N2O5/c1-23-11-12-24-14-17(21)20-9-7-16(8-10-20)19-18(22)25-13-15-5-3-2-4-6-15/h2-6,16H,7-14H2,1H3,(H,19,22). The van der Waals surface area contributed by atoms with Gasteiger partial charge in [0.2, 0.25) is 5.91 Å². The molecule has 0 unspecified atom stereocenters. The molecule has 7 nitrogen and oxygen atoms in total. The molecule has 0 saturated carbocycles. The number of likely N-dealkylation sites (tertiary alicyclic amines) is 1. The van der Waals surface area contributed by atoms with Gasteiger partial charge in [0.1, 0.15) is 13.2 Å². The second kappa shape index (κ2) is 10.7. The third-order valence-electron chi connectivity index (χ3n) is 4.04. The normalized spacial score (nSPS) is 15.0. The molecule has 1 aliphatic rings. The monoisotopic (exact) mass is 350 g/mol. The van der Waals surface area contributed by atoms with Gasteiger partial charge in [0.05, 0.1) is 13.2 Å². The quantitative estimate of drug-likeness (QED) is 0.720. The Kier molecular flexibility index (Phi) is 8.21. The van der Waals surface area contributed by atoms with E-state index in [9.17, 15) is 9.59 Å². The zero-order valence-electron chi connectivity index (χ0n) is 14.6. The predicted molar refractivity (Wildman–Crippen MR) is 92.1 cm³/mol. The number of carbonyl (C=O) groups is 2. The van der Waals surface area contributed by atoms with Crippen LogP contribution in [0, 0.1) is 0 Å². The molecular weight excluding hydrogens is 324 g/mol. The van der Waals surface area contributed by atoms with E-state index in [0.29, 0.717) is 39.1 Å². The maximum Gasteiger partial charge on any atom is 0.407 e. The fraction of sp³-hybridized carbons (Fsp3) is 0.556. The van der Waals surface area contributed by atoms with E-state index in [1.807, 2.05) is 30.3 Å². The van der Waals surface area contributed by atoms with E-state index in [4.69, 9.17) is 14.2 Å². The Hall–Kier alpha value is -2.12. The van der Waals surface area contributed by atoms with Gasteiger partial charge in [-0.05, 0) is 18.4 Å². The summed E-state index contributed by atoms with van der Waals surface area (Å²) in [7, 11) is 1.59. The molecule has 2 amide bonds. The van der Waals surface area contributed by atoms with Crippen LogP contribution >= 0.6 is 0 Å². The van der Waals surface area contributed by atoms with Crippen LogP contribution in [-0.2, 0) is 25.6 Å². The van der Waals surface area contributed by atoms with Gasteiger partial charge in [-0.3, -0.25) is 4.79 Å².